The molecule has 5 nitrogen and oxygen atoms in total. The molecule has 1 aromatic rings. The third-order valence-corrected chi connectivity index (χ3v) is 2.72. The summed E-state index contributed by atoms with van der Waals surface area (Å²) in [4.78, 5) is 11.5. The Bertz CT molecular complexity index is 534. The number of thiol groups is 1. The highest BCUT2D eigenvalue weighted by Crippen LogP contribution is 2.10. The summed E-state index contributed by atoms with van der Waals surface area (Å²) < 4.78 is 33.8. The van der Waals surface area contributed by atoms with Crippen LogP contribution in [0, 0.1) is 0 Å². The number of hydrogen-bond donors (Lipinski definition) is 2. The third-order valence-electron chi connectivity index (χ3n) is 1.99. The fraction of sp³-hybridized carbons (Fsp3) is 0.182. The maximum absolute atomic E-state index is 11.5. The molecule has 0 saturated carbocycles. The van der Waals surface area contributed by atoms with Gasteiger partial charge in [0.25, 0.3) is 0 Å². The van der Waals surface area contributed by atoms with Crippen LogP contribution in [0.4, 0.5) is 0 Å². The lowest BCUT2D eigenvalue weighted by Gasteiger charge is -2.06. The zero-order valence-corrected chi connectivity index (χ0v) is 11.0. The molecule has 0 aliphatic rings. The first-order valence-electron chi connectivity index (χ1n) is 4.92. The number of ether oxygens (including phenoxy) is 1. The smallest absolute Gasteiger partial charge is 0.335 e. The molecule has 0 atom stereocenters. The predicted octanol–water partition coefficient (Wildman–Crippen LogP) is 1.43. The average Bonchev–Trinajstić information content (AvgIpc) is 2.33. The van der Waals surface area contributed by atoms with Gasteiger partial charge < -0.3 is 4.74 Å². The summed E-state index contributed by atoms with van der Waals surface area (Å²) in [5.74, 6) is -1.89. The molecular formula is C11H12O5S2. The first kappa shape index (κ1) is 14.7. The van der Waals surface area contributed by atoms with Crippen molar-refractivity contribution in [1.29, 1.82) is 0 Å². The highest BCUT2D eigenvalue weighted by atomic mass is 32.2. The lowest BCUT2D eigenvalue weighted by Crippen LogP contribution is -2.16. The number of carbonyl (C=O) groups excluding carboxylic acids is 1. The Morgan fingerprint density at radius 2 is 1.94 bits per heavy atom. The van der Waals surface area contributed by atoms with Gasteiger partial charge in [0.1, 0.15) is 0 Å². The topological polar surface area (TPSA) is 80.7 Å². The van der Waals surface area contributed by atoms with Crippen molar-refractivity contribution < 1.29 is 22.5 Å². The number of benzene rings is 1. The van der Waals surface area contributed by atoms with Crippen molar-refractivity contribution in [2.45, 2.75) is 6.42 Å². The van der Waals surface area contributed by atoms with Gasteiger partial charge in [0, 0.05) is 12.0 Å². The molecule has 0 fully saturated rings. The quantitative estimate of drug-likeness (QED) is 0.371. The van der Waals surface area contributed by atoms with Crippen LogP contribution in [0.2, 0.25) is 0 Å². The molecule has 0 amide bonds. The second-order valence-corrected chi connectivity index (χ2v) is 5.11. The van der Waals surface area contributed by atoms with Crippen molar-refractivity contribution >= 4 is 28.7 Å². The van der Waals surface area contributed by atoms with E-state index in [0.717, 1.165) is 5.56 Å². The van der Waals surface area contributed by atoms with Gasteiger partial charge in [-0.2, -0.15) is 21.0 Å². The number of esters is 1. The summed E-state index contributed by atoms with van der Waals surface area (Å²) >= 11 is 3.88. The molecular weight excluding hydrogens is 276 g/mol. The molecule has 0 bridgehead atoms. The summed E-state index contributed by atoms with van der Waals surface area (Å²) in [6, 6.07) is 9.09. The highest BCUT2D eigenvalue weighted by molar-refractivity contribution is 7.85. The fourth-order valence-electron chi connectivity index (χ4n) is 1.21. The van der Waals surface area contributed by atoms with Crippen molar-refractivity contribution in [3.63, 3.8) is 0 Å². The Labute approximate surface area is 111 Å². The van der Waals surface area contributed by atoms with E-state index in [1.807, 2.05) is 30.3 Å². The van der Waals surface area contributed by atoms with Gasteiger partial charge in [0.2, 0.25) is 5.94 Å². The van der Waals surface area contributed by atoms with Crippen LogP contribution in [0.5, 0.6) is 0 Å². The van der Waals surface area contributed by atoms with Crippen molar-refractivity contribution in [3.8, 4) is 0 Å². The van der Waals surface area contributed by atoms with Gasteiger partial charge >= 0.3 is 16.1 Å². The van der Waals surface area contributed by atoms with E-state index in [0.29, 0.717) is 0 Å². The van der Waals surface area contributed by atoms with Crippen molar-refractivity contribution in [2.24, 2.45) is 0 Å². The van der Waals surface area contributed by atoms with Crippen LogP contribution in [0.1, 0.15) is 5.56 Å². The molecule has 0 heterocycles. The first-order valence-corrected chi connectivity index (χ1v) is 7.04. The van der Waals surface area contributed by atoms with Crippen LogP contribution in [0.3, 0.4) is 0 Å². The minimum absolute atomic E-state index is 0.202. The Hall–Kier alpha value is -1.31. The number of rotatable bonds is 5. The minimum atomic E-state index is -4.33. The van der Waals surface area contributed by atoms with Crippen LogP contribution >= 0.6 is 12.6 Å². The molecule has 0 unspecified atom stereocenters. The maximum atomic E-state index is 11.5. The van der Waals surface area contributed by atoms with E-state index in [1.165, 1.54) is 5.41 Å². The molecule has 98 valence electrons. The second-order valence-electron chi connectivity index (χ2n) is 3.45. The summed E-state index contributed by atoms with van der Waals surface area (Å²) in [7, 11) is -4.33. The summed E-state index contributed by atoms with van der Waals surface area (Å²) in [5.41, 5.74) is 1.06. The van der Waals surface area contributed by atoms with E-state index >= 15 is 0 Å². The van der Waals surface area contributed by atoms with E-state index in [1.54, 1.807) is 0 Å². The zero-order valence-electron chi connectivity index (χ0n) is 9.31. The van der Waals surface area contributed by atoms with E-state index in [9.17, 15) is 13.2 Å². The molecule has 7 heteroatoms. The van der Waals surface area contributed by atoms with Crippen LogP contribution in [0.25, 0.3) is 0 Å². The second kappa shape index (κ2) is 6.58. The summed E-state index contributed by atoms with van der Waals surface area (Å²) in [6.07, 6.45) is 0.272. The third kappa shape index (κ3) is 5.35. The first-order chi connectivity index (χ1) is 8.42. The molecule has 1 rings (SSSR count). The predicted molar refractivity (Wildman–Crippen MR) is 69.7 cm³/mol. The molecule has 18 heavy (non-hydrogen) atoms. The van der Waals surface area contributed by atoms with Gasteiger partial charge in [-0.05, 0) is 11.0 Å². The Kier molecular flexibility index (Phi) is 5.39. The summed E-state index contributed by atoms with van der Waals surface area (Å²) in [5, 5.41) is 1.25. The van der Waals surface area contributed by atoms with Gasteiger partial charge in [0.15, 0.2) is 0 Å². The van der Waals surface area contributed by atoms with Crippen molar-refractivity contribution in [3.05, 3.63) is 46.9 Å². The van der Waals surface area contributed by atoms with Crippen LogP contribution in [-0.2, 0) is 26.1 Å². The van der Waals surface area contributed by atoms with E-state index in [4.69, 9.17) is 4.55 Å². The monoisotopic (exact) mass is 288 g/mol. The molecule has 0 spiro atoms. The Balaban J connectivity index is 2.65. The zero-order chi connectivity index (χ0) is 13.6. The highest BCUT2D eigenvalue weighted by Gasteiger charge is 2.14. The molecule has 0 aromatic heterocycles. The molecule has 0 saturated heterocycles. The van der Waals surface area contributed by atoms with Gasteiger partial charge in [-0.1, -0.05) is 30.3 Å². The van der Waals surface area contributed by atoms with E-state index < -0.39 is 22.0 Å². The lowest BCUT2D eigenvalue weighted by atomic mass is 10.1. The number of hydrogen-bond acceptors (Lipinski definition) is 5. The van der Waals surface area contributed by atoms with Crippen LogP contribution in [0.15, 0.2) is 41.3 Å². The van der Waals surface area contributed by atoms with Crippen molar-refractivity contribution in [1.82, 2.24) is 0 Å². The van der Waals surface area contributed by atoms with E-state index in [2.05, 4.69) is 17.4 Å². The largest absolute Gasteiger partial charge is 0.443 e. The van der Waals surface area contributed by atoms with Gasteiger partial charge in [-0.3, -0.25) is 4.55 Å². The van der Waals surface area contributed by atoms with Gasteiger partial charge in [0.05, 0.1) is 0 Å². The Morgan fingerprint density at radius 1 is 1.33 bits per heavy atom. The normalized spacial score (nSPS) is 12.2. The molecule has 1 N–H and O–H groups in total. The SMILES string of the molecule is O=C(OCS(=O)(=O)O)C(=CS)Cc1ccccc1. The average molecular weight is 288 g/mol. The van der Waals surface area contributed by atoms with E-state index in [-0.39, 0.29) is 12.0 Å². The molecule has 0 aliphatic heterocycles. The molecule has 1 aromatic carbocycles. The van der Waals surface area contributed by atoms with Crippen molar-refractivity contribution in [2.75, 3.05) is 5.94 Å². The lowest BCUT2D eigenvalue weighted by molar-refractivity contribution is -0.137. The maximum Gasteiger partial charge on any atom is 0.335 e. The molecule has 0 radical (unpaired) electrons. The van der Waals surface area contributed by atoms with Crippen LogP contribution in [-0.4, -0.2) is 24.9 Å². The molecule has 0 aliphatic carbocycles. The Morgan fingerprint density at radius 3 is 2.44 bits per heavy atom. The summed E-state index contributed by atoms with van der Waals surface area (Å²) in [6.45, 7) is 0. The minimum Gasteiger partial charge on any atom is -0.443 e. The number of carbonyl (C=O) groups is 1. The van der Waals surface area contributed by atoms with Crippen LogP contribution < -0.4 is 0 Å². The van der Waals surface area contributed by atoms with Gasteiger partial charge in [-0.15, -0.1) is 0 Å². The fourth-order valence-corrected chi connectivity index (χ4v) is 1.66. The van der Waals surface area contributed by atoms with Gasteiger partial charge in [-0.25, -0.2) is 4.79 Å². The standard InChI is InChI=1S/C11H12O5S2/c12-11(16-8-18(13,14)15)10(7-17)6-9-4-2-1-3-5-9/h1-5,7,17H,6,8H2,(H,13,14,15).